The van der Waals surface area contributed by atoms with Gasteiger partial charge < -0.3 is 16.0 Å². The first-order valence-corrected chi connectivity index (χ1v) is 11.6. The number of aromatic nitrogens is 2. The molecule has 0 unspecified atom stereocenters. The van der Waals surface area contributed by atoms with Crippen LogP contribution in [0.4, 0.5) is 28.8 Å². The quantitative estimate of drug-likeness (QED) is 0.433. The lowest BCUT2D eigenvalue weighted by Gasteiger charge is -2.22. The summed E-state index contributed by atoms with van der Waals surface area (Å²) in [5, 5.41) is 10.2. The molecule has 0 radical (unpaired) electrons. The maximum Gasteiger partial charge on any atom is 0.229 e. The Bertz CT molecular complexity index is 1140. The van der Waals surface area contributed by atoms with Crippen molar-refractivity contribution >= 4 is 46.3 Å². The molecule has 2 aliphatic rings. The number of nitrogens with one attached hydrogen (secondary N) is 3. The van der Waals surface area contributed by atoms with Crippen LogP contribution in [0.2, 0.25) is 5.02 Å². The van der Waals surface area contributed by atoms with Crippen molar-refractivity contribution in [3.8, 4) is 0 Å². The summed E-state index contributed by atoms with van der Waals surface area (Å²) in [6.45, 7) is 0. The van der Waals surface area contributed by atoms with E-state index in [1.807, 2.05) is 24.3 Å². The zero-order valence-electron chi connectivity index (χ0n) is 17.8. The summed E-state index contributed by atoms with van der Waals surface area (Å²) in [6.07, 6.45) is 8.71. The van der Waals surface area contributed by atoms with Crippen LogP contribution in [0.3, 0.4) is 0 Å². The number of hydrogen-bond acceptors (Lipinski definition) is 5. The van der Waals surface area contributed by atoms with Gasteiger partial charge in [-0.05, 0) is 67.1 Å². The molecule has 6 nitrogen and oxygen atoms in total. The molecule has 2 heterocycles. The molecule has 7 heteroatoms. The zero-order valence-corrected chi connectivity index (χ0v) is 18.6. The van der Waals surface area contributed by atoms with E-state index in [1.54, 1.807) is 6.20 Å². The summed E-state index contributed by atoms with van der Waals surface area (Å²) in [5.41, 5.74) is 4.96. The molecule has 1 aromatic heterocycles. The van der Waals surface area contributed by atoms with Crippen LogP contribution in [0.25, 0.3) is 0 Å². The molecular formula is C25H26ClN5O. The lowest BCUT2D eigenvalue weighted by atomic mass is 9.88. The third kappa shape index (κ3) is 4.70. The number of amides is 1. The van der Waals surface area contributed by atoms with E-state index in [0.29, 0.717) is 16.8 Å². The van der Waals surface area contributed by atoms with E-state index < -0.39 is 0 Å². The third-order valence-electron chi connectivity index (χ3n) is 6.21. The fraction of sp³-hybridized carbons (Fsp3) is 0.320. The van der Waals surface area contributed by atoms with Crippen LogP contribution in [0.15, 0.2) is 48.7 Å². The highest BCUT2D eigenvalue weighted by Gasteiger charge is 2.22. The van der Waals surface area contributed by atoms with Gasteiger partial charge in [-0.15, -0.1) is 0 Å². The molecule has 5 rings (SSSR count). The van der Waals surface area contributed by atoms with Crippen LogP contribution in [-0.4, -0.2) is 15.9 Å². The van der Waals surface area contributed by atoms with Crippen molar-refractivity contribution in [2.24, 2.45) is 5.92 Å². The highest BCUT2D eigenvalue weighted by molar-refractivity contribution is 6.32. The number of fused-ring (bicyclic) bond motifs is 6. The van der Waals surface area contributed by atoms with Gasteiger partial charge in [0.25, 0.3) is 0 Å². The van der Waals surface area contributed by atoms with Crippen molar-refractivity contribution < 1.29 is 4.79 Å². The molecule has 0 saturated heterocycles. The maximum absolute atomic E-state index is 12.9. The topological polar surface area (TPSA) is 78.9 Å². The van der Waals surface area contributed by atoms with Gasteiger partial charge in [-0.1, -0.05) is 43.0 Å². The second kappa shape index (κ2) is 9.17. The highest BCUT2D eigenvalue weighted by Crippen LogP contribution is 2.31. The Hall–Kier alpha value is -3.12. The fourth-order valence-electron chi connectivity index (χ4n) is 4.46. The van der Waals surface area contributed by atoms with E-state index in [4.69, 9.17) is 11.6 Å². The van der Waals surface area contributed by atoms with Crippen molar-refractivity contribution in [1.29, 1.82) is 0 Å². The van der Waals surface area contributed by atoms with Crippen molar-refractivity contribution in [3.63, 3.8) is 0 Å². The van der Waals surface area contributed by atoms with Gasteiger partial charge in [0, 0.05) is 23.0 Å². The van der Waals surface area contributed by atoms with Crippen LogP contribution in [0.1, 0.15) is 43.2 Å². The largest absolute Gasteiger partial charge is 0.339 e. The molecule has 164 valence electrons. The Kier molecular flexibility index (Phi) is 5.95. The van der Waals surface area contributed by atoms with E-state index in [-0.39, 0.29) is 11.8 Å². The van der Waals surface area contributed by atoms with Gasteiger partial charge in [-0.3, -0.25) is 4.79 Å². The molecule has 2 aromatic carbocycles. The number of anilines is 5. The number of carbonyl (C=O) groups is 1. The molecule has 3 aromatic rings. The first-order valence-electron chi connectivity index (χ1n) is 11.2. The second-order valence-corrected chi connectivity index (χ2v) is 8.94. The van der Waals surface area contributed by atoms with E-state index in [2.05, 4.69) is 44.1 Å². The molecule has 0 spiro atoms. The van der Waals surface area contributed by atoms with Crippen molar-refractivity contribution in [2.75, 3.05) is 16.0 Å². The molecule has 0 atom stereocenters. The van der Waals surface area contributed by atoms with Gasteiger partial charge in [0.15, 0.2) is 5.82 Å². The molecule has 1 fully saturated rings. The van der Waals surface area contributed by atoms with Crippen molar-refractivity contribution in [2.45, 2.75) is 44.9 Å². The minimum Gasteiger partial charge on any atom is -0.339 e. The molecular weight excluding hydrogens is 422 g/mol. The van der Waals surface area contributed by atoms with Crippen LogP contribution in [0, 0.1) is 5.92 Å². The van der Waals surface area contributed by atoms with E-state index >= 15 is 0 Å². The number of benzene rings is 2. The fourth-order valence-corrected chi connectivity index (χ4v) is 4.60. The number of rotatable bonds is 2. The van der Waals surface area contributed by atoms with Gasteiger partial charge in [0.2, 0.25) is 11.9 Å². The number of hydrogen-bond donors (Lipinski definition) is 3. The molecule has 1 saturated carbocycles. The van der Waals surface area contributed by atoms with E-state index in [1.165, 1.54) is 12.0 Å². The van der Waals surface area contributed by atoms with Gasteiger partial charge in [0.1, 0.15) is 5.02 Å². The lowest BCUT2D eigenvalue weighted by Crippen LogP contribution is -2.25. The smallest absolute Gasteiger partial charge is 0.229 e. The Morgan fingerprint density at radius 2 is 1.84 bits per heavy atom. The standard InChI is InChI=1S/C25H26ClN5O/c26-21-15-27-25-29-19-8-4-5-16(13-19)9-10-18-14-20(28-23(21)31-25)11-12-22(18)30-24(32)17-6-2-1-3-7-17/h4-5,8,11-15,17H,1-3,6-7,9-10H2,(H,30,32)(H2,27,28,29,31). The van der Waals surface area contributed by atoms with Gasteiger partial charge in [0.05, 0.1) is 6.20 Å². The van der Waals surface area contributed by atoms with Crippen LogP contribution in [-0.2, 0) is 17.6 Å². The number of halogens is 1. The zero-order chi connectivity index (χ0) is 21.9. The SMILES string of the molecule is O=C(Nc1ccc2cc1CCc1cccc(c1)Nc1ncc(Cl)c(n1)N2)C1CCCCC1. The number of carbonyl (C=O) groups excluding carboxylic acids is 1. The van der Waals surface area contributed by atoms with Gasteiger partial charge in [-0.25, -0.2) is 4.98 Å². The summed E-state index contributed by atoms with van der Waals surface area (Å²) in [6, 6.07) is 14.2. The molecule has 32 heavy (non-hydrogen) atoms. The Morgan fingerprint density at radius 1 is 1.00 bits per heavy atom. The Balaban J connectivity index is 1.49. The molecule has 1 amide bonds. The third-order valence-corrected chi connectivity index (χ3v) is 6.49. The van der Waals surface area contributed by atoms with Gasteiger partial charge >= 0.3 is 0 Å². The molecule has 6 bridgehead atoms. The Morgan fingerprint density at radius 3 is 2.72 bits per heavy atom. The summed E-state index contributed by atoms with van der Waals surface area (Å²) < 4.78 is 0. The minimum atomic E-state index is 0.115. The highest BCUT2D eigenvalue weighted by atomic mass is 35.5. The summed E-state index contributed by atoms with van der Waals surface area (Å²) in [7, 11) is 0. The van der Waals surface area contributed by atoms with E-state index in [0.717, 1.165) is 61.2 Å². The summed E-state index contributed by atoms with van der Waals surface area (Å²) in [5.74, 6) is 1.26. The Labute approximate surface area is 192 Å². The minimum absolute atomic E-state index is 0.115. The van der Waals surface area contributed by atoms with Gasteiger partial charge in [-0.2, -0.15) is 4.98 Å². The predicted octanol–water partition coefficient (Wildman–Crippen LogP) is 6.23. The van der Waals surface area contributed by atoms with Crippen molar-refractivity contribution in [1.82, 2.24) is 9.97 Å². The first kappa shape index (κ1) is 20.8. The lowest BCUT2D eigenvalue weighted by molar-refractivity contribution is -0.120. The average molecular weight is 448 g/mol. The second-order valence-electron chi connectivity index (χ2n) is 8.54. The predicted molar refractivity (Wildman–Crippen MR) is 129 cm³/mol. The number of nitrogens with zero attached hydrogens (tertiary/aromatic N) is 2. The van der Waals surface area contributed by atoms with Crippen molar-refractivity contribution in [3.05, 3.63) is 64.8 Å². The van der Waals surface area contributed by atoms with Crippen LogP contribution < -0.4 is 16.0 Å². The van der Waals surface area contributed by atoms with E-state index in [9.17, 15) is 4.79 Å². The summed E-state index contributed by atoms with van der Waals surface area (Å²) in [4.78, 5) is 21.7. The summed E-state index contributed by atoms with van der Waals surface area (Å²) >= 11 is 6.35. The average Bonchev–Trinajstić information content (AvgIpc) is 2.82. The van der Waals surface area contributed by atoms with Crippen LogP contribution >= 0.6 is 11.6 Å². The monoisotopic (exact) mass is 447 g/mol. The first-order chi connectivity index (χ1) is 15.6. The maximum atomic E-state index is 12.9. The molecule has 3 N–H and O–H groups in total. The molecule has 1 aliphatic carbocycles. The molecule has 1 aliphatic heterocycles. The number of aryl methyl sites for hydroxylation is 2. The van der Waals surface area contributed by atoms with Crippen LogP contribution in [0.5, 0.6) is 0 Å². The normalized spacial score (nSPS) is 15.9.